The standard InChI is InChI=1S/C20H29NO4/c1-19(2,3)25-18(22)21-11-9-20(10-12-21)13-17(15-24-20)23-14-16-7-5-4-6-8-16/h4-8,17H,9-15H2,1-3H3. The topological polar surface area (TPSA) is 48.0 Å². The predicted octanol–water partition coefficient (Wildman–Crippen LogP) is 3.76. The van der Waals surface area contributed by atoms with E-state index in [4.69, 9.17) is 14.2 Å². The molecule has 2 aliphatic rings. The molecule has 5 heteroatoms. The van der Waals surface area contributed by atoms with Crippen molar-refractivity contribution in [2.45, 2.75) is 63.9 Å². The third kappa shape index (κ3) is 4.95. The van der Waals surface area contributed by atoms with Gasteiger partial charge in [-0.3, -0.25) is 0 Å². The van der Waals surface area contributed by atoms with E-state index in [0.717, 1.165) is 19.3 Å². The van der Waals surface area contributed by atoms with Crippen LogP contribution in [0, 0.1) is 0 Å². The lowest BCUT2D eigenvalue weighted by Gasteiger charge is -2.38. The zero-order valence-corrected chi connectivity index (χ0v) is 15.5. The van der Waals surface area contributed by atoms with Crippen molar-refractivity contribution in [3.63, 3.8) is 0 Å². The first-order valence-electron chi connectivity index (χ1n) is 9.13. The molecule has 1 spiro atoms. The summed E-state index contributed by atoms with van der Waals surface area (Å²) in [5, 5.41) is 0. The van der Waals surface area contributed by atoms with E-state index >= 15 is 0 Å². The highest BCUT2D eigenvalue weighted by Crippen LogP contribution is 2.37. The van der Waals surface area contributed by atoms with Gasteiger partial charge in [0.05, 0.1) is 24.9 Å². The van der Waals surface area contributed by atoms with E-state index in [-0.39, 0.29) is 17.8 Å². The fourth-order valence-corrected chi connectivity index (χ4v) is 3.47. The maximum atomic E-state index is 12.2. The smallest absolute Gasteiger partial charge is 0.410 e. The average Bonchev–Trinajstić information content (AvgIpc) is 2.96. The summed E-state index contributed by atoms with van der Waals surface area (Å²) in [6.07, 6.45) is 2.50. The van der Waals surface area contributed by atoms with Crippen LogP contribution in [0.3, 0.4) is 0 Å². The van der Waals surface area contributed by atoms with Gasteiger partial charge in [-0.2, -0.15) is 0 Å². The van der Waals surface area contributed by atoms with Crippen molar-refractivity contribution in [3.8, 4) is 0 Å². The molecule has 5 nitrogen and oxygen atoms in total. The second-order valence-corrected chi connectivity index (χ2v) is 8.08. The Morgan fingerprint density at radius 1 is 1.24 bits per heavy atom. The molecule has 0 bridgehead atoms. The molecular formula is C20H29NO4. The van der Waals surface area contributed by atoms with E-state index in [1.807, 2.05) is 39.0 Å². The van der Waals surface area contributed by atoms with E-state index in [1.54, 1.807) is 4.90 Å². The number of hydrogen-bond acceptors (Lipinski definition) is 4. The van der Waals surface area contributed by atoms with Gasteiger partial charge in [-0.1, -0.05) is 30.3 Å². The molecule has 1 amide bonds. The molecule has 1 unspecified atom stereocenters. The SMILES string of the molecule is CC(C)(C)OC(=O)N1CCC2(CC1)CC(OCc1ccccc1)CO2. The average molecular weight is 347 g/mol. The third-order valence-corrected chi connectivity index (χ3v) is 4.83. The van der Waals surface area contributed by atoms with E-state index in [0.29, 0.717) is 26.3 Å². The van der Waals surface area contributed by atoms with Gasteiger partial charge in [0.15, 0.2) is 0 Å². The van der Waals surface area contributed by atoms with Crippen molar-refractivity contribution in [1.29, 1.82) is 0 Å². The van der Waals surface area contributed by atoms with Crippen LogP contribution in [0.4, 0.5) is 4.79 Å². The first-order valence-corrected chi connectivity index (χ1v) is 9.13. The molecule has 2 fully saturated rings. The van der Waals surface area contributed by atoms with Crippen molar-refractivity contribution in [3.05, 3.63) is 35.9 Å². The molecule has 3 rings (SSSR count). The number of ether oxygens (including phenoxy) is 3. The summed E-state index contributed by atoms with van der Waals surface area (Å²) in [6, 6.07) is 10.2. The summed E-state index contributed by atoms with van der Waals surface area (Å²) in [5.41, 5.74) is 0.593. The number of likely N-dealkylation sites (tertiary alicyclic amines) is 1. The van der Waals surface area contributed by atoms with Crippen LogP contribution in [-0.4, -0.2) is 48.0 Å². The number of nitrogens with zero attached hydrogens (tertiary/aromatic N) is 1. The van der Waals surface area contributed by atoms with Crippen LogP contribution in [0.5, 0.6) is 0 Å². The highest BCUT2D eigenvalue weighted by Gasteiger charge is 2.44. The molecule has 2 aliphatic heterocycles. The summed E-state index contributed by atoms with van der Waals surface area (Å²) >= 11 is 0. The Balaban J connectivity index is 1.45. The number of carbonyl (C=O) groups is 1. The van der Waals surface area contributed by atoms with Crippen LogP contribution in [0.2, 0.25) is 0 Å². The third-order valence-electron chi connectivity index (χ3n) is 4.83. The molecule has 1 aromatic rings. The fraction of sp³-hybridized carbons (Fsp3) is 0.650. The molecular weight excluding hydrogens is 318 g/mol. The van der Waals surface area contributed by atoms with Crippen molar-refractivity contribution < 1.29 is 19.0 Å². The number of rotatable bonds is 3. The van der Waals surface area contributed by atoms with E-state index in [9.17, 15) is 4.79 Å². The summed E-state index contributed by atoms with van der Waals surface area (Å²) in [6.45, 7) is 8.30. The first kappa shape index (κ1) is 18.2. The second-order valence-electron chi connectivity index (χ2n) is 8.08. The first-order chi connectivity index (χ1) is 11.9. The maximum Gasteiger partial charge on any atom is 0.410 e. The molecule has 25 heavy (non-hydrogen) atoms. The maximum absolute atomic E-state index is 12.2. The summed E-state index contributed by atoms with van der Waals surface area (Å²) in [5.74, 6) is 0. The minimum Gasteiger partial charge on any atom is -0.444 e. The van der Waals surface area contributed by atoms with Gasteiger partial charge in [-0.15, -0.1) is 0 Å². The van der Waals surface area contributed by atoms with Crippen LogP contribution < -0.4 is 0 Å². The molecule has 0 aromatic heterocycles. The monoisotopic (exact) mass is 347 g/mol. The lowest BCUT2D eigenvalue weighted by atomic mass is 9.88. The minimum atomic E-state index is -0.452. The fourth-order valence-electron chi connectivity index (χ4n) is 3.47. The van der Waals surface area contributed by atoms with Crippen molar-refractivity contribution in [1.82, 2.24) is 4.90 Å². The zero-order chi connectivity index (χ0) is 17.9. The van der Waals surface area contributed by atoms with Crippen LogP contribution in [-0.2, 0) is 20.8 Å². The van der Waals surface area contributed by atoms with Crippen molar-refractivity contribution in [2.24, 2.45) is 0 Å². The van der Waals surface area contributed by atoms with Crippen LogP contribution in [0.1, 0.15) is 45.6 Å². The number of piperidine rings is 1. The predicted molar refractivity (Wildman–Crippen MR) is 95.4 cm³/mol. The summed E-state index contributed by atoms with van der Waals surface area (Å²) in [4.78, 5) is 14.0. The Hall–Kier alpha value is -1.59. The van der Waals surface area contributed by atoms with Gasteiger partial charge in [-0.05, 0) is 39.2 Å². The Labute approximate surface area is 150 Å². The minimum absolute atomic E-state index is 0.133. The quantitative estimate of drug-likeness (QED) is 0.835. The van der Waals surface area contributed by atoms with Gasteiger partial charge >= 0.3 is 6.09 Å². The highest BCUT2D eigenvalue weighted by molar-refractivity contribution is 5.68. The van der Waals surface area contributed by atoms with Gasteiger partial charge in [0, 0.05) is 19.5 Å². The molecule has 2 saturated heterocycles. The van der Waals surface area contributed by atoms with Crippen molar-refractivity contribution >= 4 is 6.09 Å². The van der Waals surface area contributed by atoms with Crippen molar-refractivity contribution in [2.75, 3.05) is 19.7 Å². The van der Waals surface area contributed by atoms with Gasteiger partial charge in [-0.25, -0.2) is 4.79 Å². The largest absolute Gasteiger partial charge is 0.444 e. The van der Waals surface area contributed by atoms with Gasteiger partial charge in [0.2, 0.25) is 0 Å². The van der Waals surface area contributed by atoms with Crippen LogP contribution >= 0.6 is 0 Å². The number of carbonyl (C=O) groups excluding carboxylic acids is 1. The normalized spacial score (nSPS) is 23.0. The molecule has 1 aromatic carbocycles. The molecule has 2 heterocycles. The second kappa shape index (κ2) is 7.34. The van der Waals surface area contributed by atoms with Crippen LogP contribution in [0.15, 0.2) is 30.3 Å². The molecule has 138 valence electrons. The zero-order valence-electron chi connectivity index (χ0n) is 15.5. The number of hydrogen-bond donors (Lipinski definition) is 0. The summed E-state index contributed by atoms with van der Waals surface area (Å²) < 4.78 is 17.6. The van der Waals surface area contributed by atoms with E-state index in [2.05, 4.69) is 12.1 Å². The Morgan fingerprint density at radius 2 is 1.92 bits per heavy atom. The molecule has 0 N–H and O–H groups in total. The number of amides is 1. The highest BCUT2D eigenvalue weighted by atomic mass is 16.6. The van der Waals surface area contributed by atoms with Gasteiger partial charge in [0.25, 0.3) is 0 Å². The van der Waals surface area contributed by atoms with Crippen LogP contribution in [0.25, 0.3) is 0 Å². The Morgan fingerprint density at radius 3 is 2.56 bits per heavy atom. The van der Waals surface area contributed by atoms with Gasteiger partial charge < -0.3 is 19.1 Å². The number of benzene rings is 1. The van der Waals surface area contributed by atoms with E-state index < -0.39 is 5.60 Å². The molecule has 1 atom stereocenters. The lowest BCUT2D eigenvalue weighted by Crippen LogP contribution is -2.48. The molecule has 0 radical (unpaired) electrons. The Kier molecular flexibility index (Phi) is 5.35. The summed E-state index contributed by atoms with van der Waals surface area (Å²) in [7, 11) is 0. The molecule has 0 aliphatic carbocycles. The van der Waals surface area contributed by atoms with E-state index in [1.165, 1.54) is 5.56 Å². The van der Waals surface area contributed by atoms with Gasteiger partial charge in [0.1, 0.15) is 5.60 Å². The lowest BCUT2D eigenvalue weighted by molar-refractivity contribution is -0.0500. The Bertz CT molecular complexity index is 573. The molecule has 0 saturated carbocycles.